The third-order valence-corrected chi connectivity index (χ3v) is 5.98. The predicted octanol–water partition coefficient (Wildman–Crippen LogP) is 3.76. The van der Waals surface area contributed by atoms with Crippen molar-refractivity contribution in [2.75, 3.05) is 13.1 Å². The van der Waals surface area contributed by atoms with Crippen LogP contribution in [0.2, 0.25) is 0 Å². The van der Waals surface area contributed by atoms with Gasteiger partial charge in [0.05, 0.1) is 11.0 Å². The lowest BCUT2D eigenvalue weighted by atomic mass is 9.94. The molecule has 27 heavy (non-hydrogen) atoms. The number of nitrogens with one attached hydrogen (secondary N) is 1. The van der Waals surface area contributed by atoms with E-state index in [0.717, 1.165) is 73.3 Å². The summed E-state index contributed by atoms with van der Waals surface area (Å²) in [5.74, 6) is 2.14. The Labute approximate surface area is 157 Å². The highest BCUT2D eigenvalue weighted by atomic mass is 16.5. The molecule has 1 aliphatic heterocycles. The Balaban J connectivity index is 1.39. The maximum Gasteiger partial charge on any atom is 0.276 e. The van der Waals surface area contributed by atoms with Gasteiger partial charge in [-0.05, 0) is 50.7 Å². The zero-order valence-corrected chi connectivity index (χ0v) is 15.6. The van der Waals surface area contributed by atoms with Gasteiger partial charge in [-0.2, -0.15) is 0 Å². The Morgan fingerprint density at radius 1 is 1.26 bits per heavy atom. The number of aromatic amines is 1. The molecule has 1 aliphatic carbocycles. The summed E-state index contributed by atoms with van der Waals surface area (Å²) in [5.41, 5.74) is 4.84. The average Bonchev–Trinajstić information content (AvgIpc) is 3.33. The number of amides is 1. The van der Waals surface area contributed by atoms with Gasteiger partial charge in [0.25, 0.3) is 5.91 Å². The van der Waals surface area contributed by atoms with Crippen LogP contribution < -0.4 is 0 Å². The Morgan fingerprint density at radius 2 is 2.15 bits per heavy atom. The monoisotopic (exact) mass is 364 g/mol. The van der Waals surface area contributed by atoms with Crippen molar-refractivity contribution in [1.29, 1.82) is 0 Å². The van der Waals surface area contributed by atoms with E-state index in [-0.39, 0.29) is 11.8 Å². The second-order valence-electron chi connectivity index (χ2n) is 7.82. The van der Waals surface area contributed by atoms with E-state index in [9.17, 15) is 4.79 Å². The molecular formula is C21H24N4O2. The molecule has 0 bridgehead atoms. The molecule has 6 heteroatoms. The molecule has 2 aromatic heterocycles. The van der Waals surface area contributed by atoms with Crippen LogP contribution in [0.3, 0.4) is 0 Å². The van der Waals surface area contributed by atoms with Gasteiger partial charge in [-0.3, -0.25) is 4.79 Å². The maximum atomic E-state index is 13.1. The molecule has 2 aliphatic rings. The summed E-state index contributed by atoms with van der Waals surface area (Å²) in [5, 5.41) is 4.13. The second-order valence-corrected chi connectivity index (χ2v) is 7.82. The first-order chi connectivity index (χ1) is 13.2. The molecule has 3 heterocycles. The molecule has 0 radical (unpaired) electrons. The summed E-state index contributed by atoms with van der Waals surface area (Å²) in [6.07, 6.45) is 6.05. The highest BCUT2D eigenvalue weighted by Gasteiger charge is 2.32. The second kappa shape index (κ2) is 6.51. The van der Waals surface area contributed by atoms with Crippen molar-refractivity contribution in [3.63, 3.8) is 0 Å². The average molecular weight is 364 g/mol. The molecule has 1 atom stereocenters. The first kappa shape index (κ1) is 16.5. The SMILES string of the molecule is Cc1cccc2[nH]c([C@H]3CCCN(C(=O)c4noc5c4CCCC5)C3)nc12. The summed E-state index contributed by atoms with van der Waals surface area (Å²) >= 11 is 0. The van der Waals surface area contributed by atoms with Crippen LogP contribution in [0.5, 0.6) is 0 Å². The summed E-state index contributed by atoms with van der Waals surface area (Å²) in [6, 6.07) is 6.19. The van der Waals surface area contributed by atoms with Crippen LogP contribution >= 0.6 is 0 Å². The number of H-pyrrole nitrogens is 1. The predicted molar refractivity (Wildman–Crippen MR) is 102 cm³/mol. The number of piperidine rings is 1. The topological polar surface area (TPSA) is 75.0 Å². The molecule has 0 spiro atoms. The van der Waals surface area contributed by atoms with E-state index in [4.69, 9.17) is 9.51 Å². The molecule has 0 unspecified atom stereocenters. The molecule has 140 valence electrons. The van der Waals surface area contributed by atoms with E-state index in [2.05, 4.69) is 29.2 Å². The van der Waals surface area contributed by atoms with E-state index in [1.54, 1.807) is 0 Å². The van der Waals surface area contributed by atoms with Crippen LogP contribution in [0.25, 0.3) is 11.0 Å². The van der Waals surface area contributed by atoms with Crippen molar-refractivity contribution in [1.82, 2.24) is 20.0 Å². The van der Waals surface area contributed by atoms with Gasteiger partial charge in [0.2, 0.25) is 0 Å². The Hall–Kier alpha value is -2.63. The lowest BCUT2D eigenvalue weighted by molar-refractivity contribution is 0.0693. The molecule has 0 saturated carbocycles. The van der Waals surface area contributed by atoms with Crippen molar-refractivity contribution < 1.29 is 9.32 Å². The van der Waals surface area contributed by atoms with Crippen LogP contribution in [0.1, 0.15) is 64.8 Å². The number of imidazole rings is 1. The number of aromatic nitrogens is 3. The summed E-state index contributed by atoms with van der Waals surface area (Å²) in [4.78, 5) is 23.3. The third-order valence-electron chi connectivity index (χ3n) is 5.98. The van der Waals surface area contributed by atoms with Crippen molar-refractivity contribution in [2.24, 2.45) is 0 Å². The number of fused-ring (bicyclic) bond motifs is 2. The smallest absolute Gasteiger partial charge is 0.276 e. The minimum absolute atomic E-state index is 0.0129. The fourth-order valence-electron chi connectivity index (χ4n) is 4.48. The van der Waals surface area contributed by atoms with E-state index in [1.807, 2.05) is 11.0 Å². The molecule has 5 rings (SSSR count). The van der Waals surface area contributed by atoms with E-state index >= 15 is 0 Å². The summed E-state index contributed by atoms with van der Waals surface area (Å²) < 4.78 is 5.45. The number of hydrogen-bond acceptors (Lipinski definition) is 4. The minimum atomic E-state index is 0.0129. The van der Waals surface area contributed by atoms with Gasteiger partial charge in [0.15, 0.2) is 5.69 Å². The zero-order chi connectivity index (χ0) is 18.4. The largest absolute Gasteiger partial charge is 0.360 e. The highest BCUT2D eigenvalue weighted by molar-refractivity contribution is 5.94. The number of hydrogen-bond donors (Lipinski definition) is 1. The number of rotatable bonds is 2. The summed E-state index contributed by atoms with van der Waals surface area (Å²) in [6.45, 7) is 3.53. The van der Waals surface area contributed by atoms with Gasteiger partial charge in [-0.25, -0.2) is 4.98 Å². The standard InChI is InChI=1S/C21H24N4O2/c1-13-6-4-9-16-18(13)23-20(22-16)14-7-5-11-25(12-14)21(26)19-15-8-2-3-10-17(15)27-24-19/h4,6,9,14H,2-3,5,7-8,10-12H2,1H3,(H,22,23)/t14-/m0/s1. The van der Waals surface area contributed by atoms with Gasteiger partial charge >= 0.3 is 0 Å². The van der Waals surface area contributed by atoms with Gasteiger partial charge in [-0.15, -0.1) is 0 Å². The number of benzene rings is 1. The number of likely N-dealkylation sites (tertiary alicyclic amines) is 1. The van der Waals surface area contributed by atoms with Crippen LogP contribution in [0.15, 0.2) is 22.7 Å². The van der Waals surface area contributed by atoms with E-state index in [0.29, 0.717) is 12.2 Å². The zero-order valence-electron chi connectivity index (χ0n) is 15.6. The molecule has 3 aromatic rings. The number of carbonyl (C=O) groups is 1. The molecule has 1 aromatic carbocycles. The van der Waals surface area contributed by atoms with Crippen LogP contribution in [-0.4, -0.2) is 39.0 Å². The molecule has 1 saturated heterocycles. The molecule has 1 fully saturated rings. The molecule has 1 N–H and O–H groups in total. The summed E-state index contributed by atoms with van der Waals surface area (Å²) in [7, 11) is 0. The maximum absolute atomic E-state index is 13.1. The van der Waals surface area contributed by atoms with Gasteiger partial charge in [0, 0.05) is 31.0 Å². The first-order valence-electron chi connectivity index (χ1n) is 9.92. The van der Waals surface area contributed by atoms with Gasteiger partial charge in [-0.1, -0.05) is 17.3 Å². The fraction of sp³-hybridized carbons (Fsp3) is 0.476. The molecule has 1 amide bonds. The van der Waals surface area contributed by atoms with Crippen molar-refractivity contribution >= 4 is 16.9 Å². The van der Waals surface area contributed by atoms with Crippen LogP contribution in [0.4, 0.5) is 0 Å². The number of aryl methyl sites for hydroxylation is 2. The van der Waals surface area contributed by atoms with Gasteiger partial charge < -0.3 is 14.4 Å². The fourth-order valence-corrected chi connectivity index (χ4v) is 4.48. The quantitative estimate of drug-likeness (QED) is 0.751. The third kappa shape index (κ3) is 2.83. The van der Waals surface area contributed by atoms with Crippen molar-refractivity contribution in [3.8, 4) is 0 Å². The Kier molecular flexibility index (Phi) is 3.99. The molecular weight excluding hydrogens is 340 g/mol. The highest BCUT2D eigenvalue weighted by Crippen LogP contribution is 2.30. The number of para-hydroxylation sites is 1. The van der Waals surface area contributed by atoms with Gasteiger partial charge in [0.1, 0.15) is 11.6 Å². The van der Waals surface area contributed by atoms with Crippen LogP contribution in [-0.2, 0) is 12.8 Å². The lowest BCUT2D eigenvalue weighted by Gasteiger charge is -2.31. The Morgan fingerprint density at radius 3 is 3.04 bits per heavy atom. The molecule has 6 nitrogen and oxygen atoms in total. The van der Waals surface area contributed by atoms with E-state index in [1.165, 1.54) is 5.56 Å². The van der Waals surface area contributed by atoms with Crippen molar-refractivity contribution in [3.05, 3.63) is 46.6 Å². The Bertz CT molecular complexity index is 1000. The normalized spacial score (nSPS) is 20.0. The lowest BCUT2D eigenvalue weighted by Crippen LogP contribution is -2.40. The first-order valence-corrected chi connectivity index (χ1v) is 9.92. The number of nitrogens with zero attached hydrogens (tertiary/aromatic N) is 3. The minimum Gasteiger partial charge on any atom is -0.360 e. The number of carbonyl (C=O) groups excluding carboxylic acids is 1. The van der Waals surface area contributed by atoms with Crippen LogP contribution in [0, 0.1) is 6.92 Å². The van der Waals surface area contributed by atoms with E-state index < -0.39 is 0 Å². The van der Waals surface area contributed by atoms with Crippen molar-refractivity contribution in [2.45, 2.75) is 51.4 Å².